The first kappa shape index (κ1) is 30.0. The van der Waals surface area contributed by atoms with E-state index in [4.69, 9.17) is 30.6 Å². The lowest BCUT2D eigenvalue weighted by Gasteiger charge is -1.90. The van der Waals surface area contributed by atoms with Crippen molar-refractivity contribution in [2.45, 2.75) is 0 Å². The molecule has 0 aromatic heterocycles. The maximum atomic E-state index is 9.84. The Labute approximate surface area is 109 Å². The minimum atomic E-state index is -1.50. The molecule has 0 aliphatic carbocycles. The molecule has 0 saturated heterocycles. The third kappa shape index (κ3) is 1210. The van der Waals surface area contributed by atoms with Gasteiger partial charge in [-0.1, -0.05) is 6.58 Å². The Morgan fingerprint density at radius 1 is 1.21 bits per heavy atom. The molecule has 0 saturated carbocycles. The predicted molar refractivity (Wildman–Crippen MR) is 64.4 cm³/mol. The van der Waals surface area contributed by atoms with Gasteiger partial charge in [0.2, 0.25) is 0 Å². The van der Waals surface area contributed by atoms with Crippen molar-refractivity contribution in [1.29, 1.82) is 0 Å². The van der Waals surface area contributed by atoms with Crippen LogP contribution in [-0.4, -0.2) is 59.7 Å². The number of nitrogens with zero attached hydrogens (tertiary/aromatic N) is 3. The topological polar surface area (TPSA) is 191 Å². The highest BCUT2D eigenvalue weighted by molar-refractivity contribution is 5.80. The normalized spacial score (nSPS) is 6.58. The molecule has 0 fully saturated rings. The summed E-state index contributed by atoms with van der Waals surface area (Å²) in [6, 6.07) is 0. The zero-order chi connectivity index (χ0) is 15.7. The maximum Gasteiger partial charge on any atom is 0.329 e. The number of hydrogen-bond acceptors (Lipinski definition) is 8. The zero-order valence-electron chi connectivity index (χ0n) is 11.2. The number of ether oxygens (including phenoxy) is 1. The van der Waals surface area contributed by atoms with Gasteiger partial charge in [0.15, 0.2) is 0 Å². The van der Waals surface area contributed by atoms with Crippen molar-refractivity contribution >= 4 is 5.97 Å². The van der Waals surface area contributed by atoms with Crippen molar-refractivity contribution in [2.24, 2.45) is 0 Å². The largest absolute Gasteiger partial charge is 0.466 e. The standard InChI is InChI=1S/C4H6O2.C3H9N.2HNO3.H3N/c1-3-4(5)6-2;1-4(2)3;2*2-1(3)4;/h3H,1H2,2H3;1-3H3;2*(H,2,3,4);1H3. The van der Waals surface area contributed by atoms with Crippen molar-refractivity contribution in [3.8, 4) is 0 Å². The summed E-state index contributed by atoms with van der Waals surface area (Å²) in [5, 5.41) is 27.3. The predicted octanol–water partition coefficient (Wildman–Crippen LogP) is -0.0102. The van der Waals surface area contributed by atoms with Crippen molar-refractivity contribution in [1.82, 2.24) is 11.1 Å². The summed E-state index contributed by atoms with van der Waals surface area (Å²) in [7, 11) is 7.31. The van der Waals surface area contributed by atoms with E-state index in [1.165, 1.54) is 7.11 Å². The average molecular weight is 288 g/mol. The van der Waals surface area contributed by atoms with Crippen molar-refractivity contribution in [3.05, 3.63) is 32.9 Å². The van der Waals surface area contributed by atoms with Crippen LogP contribution >= 0.6 is 0 Å². The van der Waals surface area contributed by atoms with Gasteiger partial charge in [-0.15, -0.1) is 20.2 Å². The first-order chi connectivity index (χ1) is 8.00. The summed E-state index contributed by atoms with van der Waals surface area (Å²) in [5.41, 5.74) is 0. The molecular weight excluding hydrogens is 268 g/mol. The van der Waals surface area contributed by atoms with E-state index in [2.05, 4.69) is 11.3 Å². The summed E-state index contributed by atoms with van der Waals surface area (Å²) in [6.45, 7) is 3.16. The molecule has 0 unspecified atom stereocenters. The number of hydrogen-bond donors (Lipinski definition) is 3. The first-order valence-electron chi connectivity index (χ1n) is 3.99. The molecule has 0 radical (unpaired) electrons. The highest BCUT2D eigenvalue weighted by Crippen LogP contribution is 1.67. The molecule has 5 N–H and O–H groups in total. The molecule has 0 amide bonds. The summed E-state index contributed by atoms with van der Waals surface area (Å²) in [4.78, 5) is 28.6. The van der Waals surface area contributed by atoms with E-state index in [1.807, 2.05) is 26.0 Å². The summed E-state index contributed by atoms with van der Waals surface area (Å²) in [5.74, 6) is -0.394. The Morgan fingerprint density at radius 3 is 1.37 bits per heavy atom. The Hall–Kier alpha value is -2.47. The van der Waals surface area contributed by atoms with Gasteiger partial charge in [0, 0.05) is 6.08 Å². The van der Waals surface area contributed by atoms with Crippen LogP contribution in [0.1, 0.15) is 0 Å². The summed E-state index contributed by atoms with van der Waals surface area (Å²) in [6.07, 6.45) is 1.11. The molecule has 0 heterocycles. The van der Waals surface area contributed by atoms with Gasteiger partial charge in [-0.3, -0.25) is 0 Å². The quantitative estimate of drug-likeness (QED) is 0.255. The van der Waals surface area contributed by atoms with E-state index in [0.29, 0.717) is 0 Å². The van der Waals surface area contributed by atoms with Gasteiger partial charge in [-0.25, -0.2) is 4.79 Å². The number of carbonyl (C=O) groups is 1. The van der Waals surface area contributed by atoms with E-state index in [0.717, 1.165) is 6.08 Å². The Balaban J connectivity index is -0.0000000459. The number of methoxy groups -OCH3 is 1. The van der Waals surface area contributed by atoms with Crippen LogP contribution in [0.3, 0.4) is 0 Å². The van der Waals surface area contributed by atoms with Gasteiger partial charge in [0.25, 0.3) is 10.2 Å². The fourth-order valence-corrected chi connectivity index (χ4v) is 0.0833. The Kier molecular flexibility index (Phi) is 38.9. The molecule has 116 valence electrons. The van der Waals surface area contributed by atoms with E-state index in [1.54, 1.807) is 0 Å². The molecule has 0 bridgehead atoms. The molecule has 19 heavy (non-hydrogen) atoms. The van der Waals surface area contributed by atoms with Crippen molar-refractivity contribution < 1.29 is 30.1 Å². The van der Waals surface area contributed by atoms with Crippen LogP contribution in [0.4, 0.5) is 0 Å². The first-order valence-corrected chi connectivity index (χ1v) is 3.99. The van der Waals surface area contributed by atoms with Gasteiger partial charge < -0.3 is 26.2 Å². The Morgan fingerprint density at radius 2 is 1.37 bits per heavy atom. The third-order valence-corrected chi connectivity index (χ3v) is 0.368. The summed E-state index contributed by atoms with van der Waals surface area (Å²) < 4.78 is 4.14. The molecule has 12 nitrogen and oxygen atoms in total. The van der Waals surface area contributed by atoms with Gasteiger partial charge in [-0.2, -0.15) is 0 Å². The van der Waals surface area contributed by atoms with Gasteiger partial charge in [0.05, 0.1) is 7.11 Å². The molecular formula is C7H20N4O8. The maximum absolute atomic E-state index is 9.84. The minimum absolute atomic E-state index is 0. The monoisotopic (exact) mass is 288 g/mol. The molecule has 0 aliphatic heterocycles. The van der Waals surface area contributed by atoms with Crippen LogP contribution in [0.5, 0.6) is 0 Å². The van der Waals surface area contributed by atoms with Crippen LogP contribution in [0.25, 0.3) is 0 Å². The molecule has 0 aromatic rings. The number of carbonyl (C=O) groups excluding carboxylic acids is 1. The van der Waals surface area contributed by atoms with E-state index >= 15 is 0 Å². The highest BCUT2D eigenvalue weighted by Gasteiger charge is 1.81. The van der Waals surface area contributed by atoms with Crippen LogP contribution in [0.2, 0.25) is 0 Å². The zero-order valence-corrected chi connectivity index (χ0v) is 11.2. The van der Waals surface area contributed by atoms with Gasteiger partial charge in [0.1, 0.15) is 0 Å². The molecule has 0 atom stereocenters. The van der Waals surface area contributed by atoms with Crippen LogP contribution < -0.4 is 6.15 Å². The second kappa shape index (κ2) is 24.7. The molecule has 0 aromatic carbocycles. The SMILES string of the molecule is C=CC(=O)OC.CN(C)C.N.O=[N+]([O-])O.O=[N+]([O-])O. The van der Waals surface area contributed by atoms with E-state index in [-0.39, 0.29) is 6.15 Å². The molecule has 0 rings (SSSR count). The molecule has 12 heteroatoms. The van der Waals surface area contributed by atoms with Crippen LogP contribution in [-0.2, 0) is 9.53 Å². The second-order valence-corrected chi connectivity index (χ2v) is 2.54. The van der Waals surface area contributed by atoms with Gasteiger partial charge >= 0.3 is 5.97 Å². The average Bonchev–Trinajstić information content (AvgIpc) is 2.13. The van der Waals surface area contributed by atoms with Crippen LogP contribution in [0.15, 0.2) is 12.7 Å². The Bertz CT molecular complexity index is 222. The fourth-order valence-electron chi connectivity index (χ4n) is 0.0833. The smallest absolute Gasteiger partial charge is 0.329 e. The highest BCUT2D eigenvalue weighted by atomic mass is 16.9. The lowest BCUT2D eigenvalue weighted by Crippen LogP contribution is -1.99. The molecule has 0 aliphatic rings. The number of esters is 1. The van der Waals surface area contributed by atoms with E-state index < -0.39 is 16.1 Å². The van der Waals surface area contributed by atoms with Crippen LogP contribution in [0, 0.1) is 20.2 Å². The van der Waals surface area contributed by atoms with E-state index in [9.17, 15) is 4.79 Å². The van der Waals surface area contributed by atoms with Crippen molar-refractivity contribution in [3.63, 3.8) is 0 Å². The third-order valence-electron chi connectivity index (χ3n) is 0.368. The van der Waals surface area contributed by atoms with Crippen molar-refractivity contribution in [2.75, 3.05) is 28.3 Å². The molecule has 0 spiro atoms. The minimum Gasteiger partial charge on any atom is -0.466 e. The fraction of sp³-hybridized carbons (Fsp3) is 0.571. The van der Waals surface area contributed by atoms with Gasteiger partial charge in [-0.05, 0) is 21.1 Å². The second-order valence-electron chi connectivity index (χ2n) is 2.54. The lowest BCUT2D eigenvalue weighted by atomic mass is 10.7. The summed E-state index contributed by atoms with van der Waals surface area (Å²) >= 11 is 0. The number of rotatable bonds is 1. The lowest BCUT2D eigenvalue weighted by molar-refractivity contribution is -0.742.